The Balaban J connectivity index is 1.59. The van der Waals surface area contributed by atoms with E-state index in [9.17, 15) is 0 Å². The van der Waals surface area contributed by atoms with Gasteiger partial charge < -0.3 is 9.80 Å². The van der Waals surface area contributed by atoms with Gasteiger partial charge in [0.05, 0.1) is 0 Å². The molecule has 4 saturated heterocycles. The standard InChI is InChI=1S/C16H32N6/c1-19-6-4-15-12(9-19)13(10-22(15)18)16-11-3-8-21(17)14(11)5-7-20(16)2/h11-16H,3-10,17-18H2,1-2H3. The summed E-state index contributed by atoms with van der Waals surface area (Å²) in [6.45, 7) is 5.69. The summed E-state index contributed by atoms with van der Waals surface area (Å²) < 4.78 is 0. The third-order valence-corrected chi connectivity index (χ3v) is 7.03. The van der Waals surface area contributed by atoms with Gasteiger partial charge in [-0.3, -0.25) is 11.7 Å². The van der Waals surface area contributed by atoms with E-state index in [0.29, 0.717) is 24.0 Å². The maximum Gasteiger partial charge on any atom is 0.0297 e. The molecule has 126 valence electrons. The Morgan fingerprint density at radius 1 is 0.727 bits per heavy atom. The average Bonchev–Trinajstić information content (AvgIpc) is 3.00. The van der Waals surface area contributed by atoms with Crippen LogP contribution in [0.1, 0.15) is 19.3 Å². The first-order chi connectivity index (χ1) is 10.6. The first-order valence-electron chi connectivity index (χ1n) is 8.97. The molecule has 4 N–H and O–H groups in total. The number of hydrazine groups is 2. The van der Waals surface area contributed by atoms with Crippen LogP contribution in [0.4, 0.5) is 0 Å². The van der Waals surface area contributed by atoms with Gasteiger partial charge in [0.15, 0.2) is 0 Å². The van der Waals surface area contributed by atoms with Crippen molar-refractivity contribution in [3.63, 3.8) is 0 Å². The number of nitrogens with zero attached hydrogens (tertiary/aromatic N) is 4. The molecule has 0 aromatic carbocycles. The molecular formula is C16H32N6. The summed E-state index contributed by atoms with van der Waals surface area (Å²) >= 11 is 0. The molecular weight excluding hydrogens is 276 g/mol. The number of rotatable bonds is 1. The number of piperidine rings is 2. The predicted octanol–water partition coefficient (Wildman–Crippen LogP) is -0.619. The van der Waals surface area contributed by atoms with Gasteiger partial charge in [0.1, 0.15) is 0 Å². The SMILES string of the molecule is CN1CCC2C(C1)C(C1C3CCN(N)C3CCN1C)CN2N. The highest BCUT2D eigenvalue weighted by molar-refractivity contribution is 5.06. The molecule has 4 fully saturated rings. The number of hydrogen-bond acceptors (Lipinski definition) is 6. The second-order valence-corrected chi connectivity index (χ2v) is 8.16. The molecule has 0 spiro atoms. The lowest BCUT2D eigenvalue weighted by molar-refractivity contribution is 0.0184. The molecule has 4 aliphatic heterocycles. The summed E-state index contributed by atoms with van der Waals surface area (Å²) in [7, 11) is 4.58. The third kappa shape index (κ3) is 2.32. The van der Waals surface area contributed by atoms with Crippen LogP contribution in [-0.2, 0) is 0 Å². The van der Waals surface area contributed by atoms with E-state index in [1.807, 2.05) is 0 Å². The van der Waals surface area contributed by atoms with Crippen molar-refractivity contribution in [2.75, 3.05) is 46.8 Å². The number of nitrogens with two attached hydrogens (primary N) is 2. The van der Waals surface area contributed by atoms with Crippen LogP contribution in [0.3, 0.4) is 0 Å². The normalized spacial score (nSPS) is 48.5. The topological polar surface area (TPSA) is 65.0 Å². The highest BCUT2D eigenvalue weighted by Crippen LogP contribution is 2.44. The molecule has 0 radical (unpaired) electrons. The van der Waals surface area contributed by atoms with Gasteiger partial charge >= 0.3 is 0 Å². The van der Waals surface area contributed by atoms with E-state index in [1.165, 1.54) is 38.9 Å². The molecule has 6 nitrogen and oxygen atoms in total. The molecule has 4 aliphatic rings. The predicted molar refractivity (Wildman–Crippen MR) is 87.6 cm³/mol. The second kappa shape index (κ2) is 5.69. The van der Waals surface area contributed by atoms with Gasteiger partial charge in [-0.15, -0.1) is 0 Å². The minimum absolute atomic E-state index is 0.588. The zero-order chi connectivity index (χ0) is 15.4. The highest BCUT2D eigenvalue weighted by Gasteiger charge is 2.52. The van der Waals surface area contributed by atoms with Gasteiger partial charge in [0.25, 0.3) is 0 Å². The van der Waals surface area contributed by atoms with Crippen molar-refractivity contribution in [3.05, 3.63) is 0 Å². The Labute approximate surface area is 134 Å². The molecule has 6 unspecified atom stereocenters. The summed E-state index contributed by atoms with van der Waals surface area (Å²) in [6, 6.07) is 1.83. The highest BCUT2D eigenvalue weighted by atomic mass is 15.5. The number of hydrogen-bond donors (Lipinski definition) is 2. The van der Waals surface area contributed by atoms with Crippen molar-refractivity contribution in [2.45, 2.75) is 37.4 Å². The van der Waals surface area contributed by atoms with E-state index in [-0.39, 0.29) is 0 Å². The summed E-state index contributed by atoms with van der Waals surface area (Å²) in [5, 5.41) is 4.28. The van der Waals surface area contributed by atoms with Crippen molar-refractivity contribution in [3.8, 4) is 0 Å². The van der Waals surface area contributed by atoms with Gasteiger partial charge in [-0.2, -0.15) is 0 Å². The van der Waals surface area contributed by atoms with Crippen LogP contribution in [0.2, 0.25) is 0 Å². The maximum atomic E-state index is 6.40. The summed E-state index contributed by atoms with van der Waals surface area (Å²) in [4.78, 5) is 5.12. The van der Waals surface area contributed by atoms with Crippen LogP contribution in [0.25, 0.3) is 0 Å². The van der Waals surface area contributed by atoms with Crippen LogP contribution in [0.5, 0.6) is 0 Å². The molecule has 0 aliphatic carbocycles. The van der Waals surface area contributed by atoms with Crippen molar-refractivity contribution < 1.29 is 0 Å². The van der Waals surface area contributed by atoms with Crippen molar-refractivity contribution in [2.24, 2.45) is 29.4 Å². The smallest absolute Gasteiger partial charge is 0.0297 e. The molecule has 6 heteroatoms. The fraction of sp³-hybridized carbons (Fsp3) is 1.00. The zero-order valence-corrected chi connectivity index (χ0v) is 14.1. The summed E-state index contributed by atoms with van der Waals surface area (Å²) in [5.74, 6) is 14.8. The average molecular weight is 308 g/mol. The Morgan fingerprint density at radius 2 is 1.45 bits per heavy atom. The van der Waals surface area contributed by atoms with Crippen LogP contribution in [0, 0.1) is 17.8 Å². The van der Waals surface area contributed by atoms with E-state index in [0.717, 1.165) is 24.9 Å². The monoisotopic (exact) mass is 308 g/mol. The Bertz CT molecular complexity index is 417. The van der Waals surface area contributed by atoms with Crippen molar-refractivity contribution >= 4 is 0 Å². The number of likely N-dealkylation sites (tertiary alicyclic amines) is 2. The molecule has 0 bridgehead atoms. The molecule has 4 heterocycles. The lowest BCUT2D eigenvalue weighted by atomic mass is 9.72. The zero-order valence-electron chi connectivity index (χ0n) is 14.1. The molecule has 0 aromatic heterocycles. The minimum Gasteiger partial charge on any atom is -0.306 e. The molecule has 4 rings (SSSR count). The van der Waals surface area contributed by atoms with E-state index in [2.05, 4.69) is 33.9 Å². The van der Waals surface area contributed by atoms with E-state index >= 15 is 0 Å². The van der Waals surface area contributed by atoms with E-state index in [1.54, 1.807) is 0 Å². The summed E-state index contributed by atoms with van der Waals surface area (Å²) in [5.41, 5.74) is 0. The van der Waals surface area contributed by atoms with Gasteiger partial charge in [-0.05, 0) is 64.2 Å². The fourth-order valence-electron chi connectivity index (χ4n) is 5.98. The van der Waals surface area contributed by atoms with Crippen LogP contribution < -0.4 is 11.7 Å². The second-order valence-electron chi connectivity index (χ2n) is 8.16. The van der Waals surface area contributed by atoms with Gasteiger partial charge in [-0.1, -0.05) is 0 Å². The molecule has 22 heavy (non-hydrogen) atoms. The summed E-state index contributed by atoms with van der Waals surface area (Å²) in [6.07, 6.45) is 3.70. The lowest BCUT2D eigenvalue weighted by Gasteiger charge is -2.47. The van der Waals surface area contributed by atoms with Crippen LogP contribution in [-0.4, -0.2) is 84.8 Å². The largest absolute Gasteiger partial charge is 0.306 e. The molecule has 6 atom stereocenters. The van der Waals surface area contributed by atoms with E-state index < -0.39 is 0 Å². The Hall–Kier alpha value is -0.240. The third-order valence-electron chi connectivity index (χ3n) is 7.03. The number of fused-ring (bicyclic) bond motifs is 2. The quantitative estimate of drug-likeness (QED) is 0.630. The molecule has 0 amide bonds. The van der Waals surface area contributed by atoms with Crippen LogP contribution >= 0.6 is 0 Å². The Kier molecular flexibility index (Phi) is 3.95. The molecule has 0 saturated carbocycles. The van der Waals surface area contributed by atoms with Gasteiger partial charge in [0.2, 0.25) is 0 Å². The van der Waals surface area contributed by atoms with Crippen molar-refractivity contribution in [1.29, 1.82) is 0 Å². The van der Waals surface area contributed by atoms with Gasteiger partial charge in [-0.25, -0.2) is 10.0 Å². The van der Waals surface area contributed by atoms with Crippen molar-refractivity contribution in [1.82, 2.24) is 19.8 Å². The fourth-order valence-corrected chi connectivity index (χ4v) is 5.98. The van der Waals surface area contributed by atoms with E-state index in [4.69, 9.17) is 11.7 Å². The Morgan fingerprint density at radius 3 is 2.27 bits per heavy atom. The first-order valence-corrected chi connectivity index (χ1v) is 8.97. The first kappa shape index (κ1) is 15.3. The lowest BCUT2D eigenvalue weighted by Crippen LogP contribution is -2.57. The minimum atomic E-state index is 0.588. The van der Waals surface area contributed by atoms with Crippen LogP contribution in [0.15, 0.2) is 0 Å². The maximum absolute atomic E-state index is 6.40. The molecule has 0 aromatic rings. The van der Waals surface area contributed by atoms with Gasteiger partial charge in [0, 0.05) is 37.8 Å².